The number of aliphatic hydroxyl groups excluding tert-OH is 1. The van der Waals surface area contributed by atoms with E-state index in [9.17, 15) is 27.9 Å². The summed E-state index contributed by atoms with van der Waals surface area (Å²) in [5.41, 5.74) is 1.78. The number of furan rings is 1. The van der Waals surface area contributed by atoms with Crippen molar-refractivity contribution in [3.05, 3.63) is 83.3 Å². The third kappa shape index (κ3) is 8.73. The molecule has 278 valence electrons. The molecular weight excluding hydrogens is 694 g/mol. The Labute approximate surface area is 302 Å². The van der Waals surface area contributed by atoms with Gasteiger partial charge in [-0.1, -0.05) is 44.2 Å². The van der Waals surface area contributed by atoms with Crippen LogP contribution in [-0.2, 0) is 51.6 Å². The topological polar surface area (TPSA) is 183 Å². The van der Waals surface area contributed by atoms with Crippen molar-refractivity contribution in [1.82, 2.24) is 9.62 Å². The Morgan fingerprint density at radius 3 is 2.63 bits per heavy atom. The van der Waals surface area contributed by atoms with Crippen LogP contribution < -0.4 is 10.6 Å². The summed E-state index contributed by atoms with van der Waals surface area (Å²) in [6, 6.07) is 15.9. The number of anilines is 1. The Morgan fingerprint density at radius 2 is 1.88 bits per heavy atom. The number of benzene rings is 2. The van der Waals surface area contributed by atoms with Crippen molar-refractivity contribution in [2.45, 2.75) is 69.7 Å². The number of alkyl carbamates (subject to hydrolysis) is 1. The zero-order valence-corrected chi connectivity index (χ0v) is 30.0. The standard InChI is InChI=1S/C37H43N3O11S/c1-22(2)18-40(19-33(42)32(15-24-7-5-4-6-8-24)39-37(44)51-34-21-49-36-28(34)13-14-47-36)52(45,46)27-11-12-31-29(17-27)30(35(43)38-31)16-25-9-10-26(50-25)20-48-23(3)41/h4-12,16-17,22,28,32-34,36,42H,13-15,18-21H2,1-3H3,(H,38,43)(H,39,44). The molecule has 0 bridgehead atoms. The predicted molar refractivity (Wildman–Crippen MR) is 188 cm³/mol. The zero-order valence-electron chi connectivity index (χ0n) is 29.1. The summed E-state index contributed by atoms with van der Waals surface area (Å²) in [5, 5.41) is 17.2. The number of rotatable bonds is 14. The normalized spacial score (nSPS) is 21.5. The second-order valence-corrected chi connectivity index (χ2v) is 15.4. The van der Waals surface area contributed by atoms with Gasteiger partial charge in [-0.3, -0.25) is 9.59 Å². The average molecular weight is 738 g/mol. The number of nitrogens with zero attached hydrogens (tertiary/aromatic N) is 1. The molecule has 15 heteroatoms. The number of carbonyl (C=O) groups is 3. The molecular formula is C37H43N3O11S. The lowest BCUT2D eigenvalue weighted by Gasteiger charge is -2.31. The molecule has 3 aromatic rings. The molecule has 14 nitrogen and oxygen atoms in total. The molecule has 0 saturated carbocycles. The molecule has 5 atom stereocenters. The van der Waals surface area contributed by atoms with Gasteiger partial charge in [0.25, 0.3) is 5.91 Å². The third-order valence-electron chi connectivity index (χ3n) is 9.07. The van der Waals surface area contributed by atoms with E-state index in [1.165, 1.54) is 35.5 Å². The Bertz CT molecular complexity index is 1910. The fourth-order valence-electron chi connectivity index (χ4n) is 6.52. The Balaban J connectivity index is 1.22. The molecule has 3 aliphatic rings. The number of sulfonamides is 1. The first-order valence-corrected chi connectivity index (χ1v) is 18.6. The lowest BCUT2D eigenvalue weighted by atomic mass is 10.0. The van der Waals surface area contributed by atoms with E-state index in [1.54, 1.807) is 12.1 Å². The second-order valence-electron chi connectivity index (χ2n) is 13.5. The average Bonchev–Trinajstić information content (AvgIpc) is 3.90. The first-order valence-electron chi connectivity index (χ1n) is 17.2. The van der Waals surface area contributed by atoms with Crippen molar-refractivity contribution in [3.8, 4) is 0 Å². The Morgan fingerprint density at radius 1 is 1.10 bits per heavy atom. The SMILES string of the molecule is CC(=O)OCc1ccc(C=C2C(=O)Nc3ccc(S(=O)(=O)N(CC(C)C)CC(O)C(Cc4ccccc4)NC(=O)OC4COC5OCCC45)cc32)o1. The van der Waals surface area contributed by atoms with Crippen LogP contribution in [0.4, 0.5) is 10.5 Å². The van der Waals surface area contributed by atoms with Crippen molar-refractivity contribution in [2.24, 2.45) is 11.8 Å². The lowest BCUT2D eigenvalue weighted by molar-refractivity contribution is -0.142. The largest absolute Gasteiger partial charge is 0.458 e. The van der Waals surface area contributed by atoms with Crippen LogP contribution in [0.1, 0.15) is 49.8 Å². The number of hydrogen-bond acceptors (Lipinski definition) is 11. The number of amides is 2. The fourth-order valence-corrected chi connectivity index (χ4v) is 8.17. The first-order chi connectivity index (χ1) is 24.9. The highest BCUT2D eigenvalue weighted by atomic mass is 32.2. The minimum Gasteiger partial charge on any atom is -0.458 e. The van der Waals surface area contributed by atoms with E-state index in [4.69, 9.17) is 23.4 Å². The summed E-state index contributed by atoms with van der Waals surface area (Å²) in [7, 11) is -4.24. The summed E-state index contributed by atoms with van der Waals surface area (Å²) in [6.45, 7) is 5.38. The lowest BCUT2D eigenvalue weighted by Crippen LogP contribution is -2.51. The smallest absolute Gasteiger partial charge is 0.407 e. The number of carbonyl (C=O) groups excluding carboxylic acids is 3. The summed E-state index contributed by atoms with van der Waals surface area (Å²) < 4.78 is 57.3. The summed E-state index contributed by atoms with van der Waals surface area (Å²) in [4.78, 5) is 37.3. The van der Waals surface area contributed by atoms with Gasteiger partial charge in [0.1, 0.15) is 24.2 Å². The zero-order chi connectivity index (χ0) is 37.0. The van der Waals surface area contributed by atoms with E-state index >= 15 is 0 Å². The minimum absolute atomic E-state index is 0.0683. The maximum Gasteiger partial charge on any atom is 0.407 e. The molecule has 2 amide bonds. The fraction of sp³-hybridized carbons (Fsp3) is 0.432. The molecule has 2 fully saturated rings. The minimum atomic E-state index is -4.24. The first kappa shape index (κ1) is 37.2. The van der Waals surface area contributed by atoms with Gasteiger partial charge in [-0.15, -0.1) is 0 Å². The van der Waals surface area contributed by atoms with Gasteiger partial charge in [0.2, 0.25) is 10.0 Å². The highest BCUT2D eigenvalue weighted by Gasteiger charge is 2.44. The van der Waals surface area contributed by atoms with E-state index in [0.717, 1.165) is 5.56 Å². The molecule has 4 heterocycles. The van der Waals surface area contributed by atoms with Crippen molar-refractivity contribution >= 4 is 45.3 Å². The highest BCUT2D eigenvalue weighted by Crippen LogP contribution is 2.36. The molecule has 3 N–H and O–H groups in total. The van der Waals surface area contributed by atoms with Gasteiger partial charge >= 0.3 is 12.1 Å². The van der Waals surface area contributed by atoms with Gasteiger partial charge in [-0.05, 0) is 60.7 Å². The van der Waals surface area contributed by atoms with Gasteiger partial charge in [-0.2, -0.15) is 4.31 Å². The van der Waals surface area contributed by atoms with Crippen LogP contribution in [0.2, 0.25) is 0 Å². The predicted octanol–water partition coefficient (Wildman–Crippen LogP) is 3.94. The summed E-state index contributed by atoms with van der Waals surface area (Å²) >= 11 is 0. The second kappa shape index (κ2) is 16.0. The van der Waals surface area contributed by atoms with Crippen LogP contribution in [0.15, 0.2) is 70.0 Å². The molecule has 2 aromatic carbocycles. The highest BCUT2D eigenvalue weighted by molar-refractivity contribution is 7.89. The van der Waals surface area contributed by atoms with E-state index < -0.39 is 52.5 Å². The number of ether oxygens (including phenoxy) is 4. The van der Waals surface area contributed by atoms with E-state index in [0.29, 0.717) is 35.8 Å². The maximum absolute atomic E-state index is 14.3. The molecule has 0 spiro atoms. The van der Waals surface area contributed by atoms with Crippen molar-refractivity contribution in [2.75, 3.05) is 31.6 Å². The molecule has 1 aromatic heterocycles. The number of hydrogen-bond donors (Lipinski definition) is 3. The van der Waals surface area contributed by atoms with Crippen LogP contribution in [0, 0.1) is 11.8 Å². The molecule has 5 unspecified atom stereocenters. The molecule has 52 heavy (non-hydrogen) atoms. The Kier molecular flexibility index (Phi) is 11.5. The number of nitrogens with one attached hydrogen (secondary N) is 2. The molecule has 0 aliphatic carbocycles. The number of fused-ring (bicyclic) bond motifs is 2. The van der Waals surface area contributed by atoms with Crippen molar-refractivity contribution in [1.29, 1.82) is 0 Å². The van der Waals surface area contributed by atoms with Crippen LogP contribution in [0.25, 0.3) is 11.6 Å². The van der Waals surface area contributed by atoms with Crippen LogP contribution >= 0.6 is 0 Å². The summed E-state index contributed by atoms with van der Waals surface area (Å²) in [5.74, 6) is -0.426. The molecule has 6 rings (SSSR count). The maximum atomic E-state index is 14.3. The van der Waals surface area contributed by atoms with Crippen LogP contribution in [0.3, 0.4) is 0 Å². The Hall–Kier alpha value is -4.54. The molecule has 0 radical (unpaired) electrons. The summed E-state index contributed by atoms with van der Waals surface area (Å²) in [6.07, 6.45) is -0.598. The third-order valence-corrected chi connectivity index (χ3v) is 10.9. The monoisotopic (exact) mass is 737 g/mol. The number of aliphatic hydroxyl groups is 1. The van der Waals surface area contributed by atoms with Gasteiger partial charge in [0.15, 0.2) is 6.29 Å². The van der Waals surface area contributed by atoms with Crippen LogP contribution in [0.5, 0.6) is 0 Å². The van der Waals surface area contributed by atoms with E-state index in [2.05, 4.69) is 10.6 Å². The van der Waals surface area contributed by atoms with Gasteiger partial charge in [-0.25, -0.2) is 13.2 Å². The van der Waals surface area contributed by atoms with Crippen molar-refractivity contribution in [3.63, 3.8) is 0 Å². The quantitative estimate of drug-likeness (QED) is 0.161. The van der Waals surface area contributed by atoms with Gasteiger partial charge < -0.3 is 39.1 Å². The van der Waals surface area contributed by atoms with E-state index in [-0.39, 0.29) is 55.0 Å². The van der Waals surface area contributed by atoms with Crippen LogP contribution in [-0.4, -0.2) is 86.6 Å². The van der Waals surface area contributed by atoms with Gasteiger partial charge in [0, 0.05) is 31.3 Å². The molecule has 2 saturated heterocycles. The van der Waals surface area contributed by atoms with Crippen molar-refractivity contribution < 1.29 is 51.3 Å². The van der Waals surface area contributed by atoms with Gasteiger partial charge in [0.05, 0.1) is 41.7 Å². The molecule has 3 aliphatic heterocycles. The van der Waals surface area contributed by atoms with E-state index in [1.807, 2.05) is 44.2 Å². The number of esters is 1.